The van der Waals surface area contributed by atoms with Gasteiger partial charge in [-0.25, -0.2) is 4.90 Å². The third-order valence-electron chi connectivity index (χ3n) is 7.16. The van der Waals surface area contributed by atoms with Crippen molar-refractivity contribution >= 4 is 52.2 Å². The number of nitrogens with zero attached hydrogens (tertiary/aromatic N) is 3. The molecule has 3 atom stereocenters. The van der Waals surface area contributed by atoms with E-state index in [1.807, 2.05) is 19.1 Å². The van der Waals surface area contributed by atoms with Crippen molar-refractivity contribution in [2.75, 3.05) is 10.2 Å². The smallest absolute Gasteiger partial charge is 0.325 e. The molecule has 2 aromatic heterocycles. The number of carbonyl (C=O) groups is 3. The van der Waals surface area contributed by atoms with Crippen molar-refractivity contribution < 1.29 is 27.6 Å². The monoisotopic (exact) mass is 610 g/mol. The Morgan fingerprint density at radius 3 is 2.48 bits per heavy atom. The van der Waals surface area contributed by atoms with Crippen molar-refractivity contribution in [3.63, 3.8) is 0 Å². The summed E-state index contributed by atoms with van der Waals surface area (Å²) in [6, 6.07) is 14.6. The summed E-state index contributed by atoms with van der Waals surface area (Å²) in [6.07, 6.45) is -1.59. The maximum absolute atomic E-state index is 13.8. The number of hydrogen-bond acceptors (Lipinski definition) is 7. The summed E-state index contributed by atoms with van der Waals surface area (Å²) in [4.78, 5) is 58.7. The van der Waals surface area contributed by atoms with Crippen molar-refractivity contribution in [3.8, 4) is 0 Å². The van der Waals surface area contributed by atoms with E-state index in [9.17, 15) is 32.3 Å². The molecule has 8 nitrogen and oxygen atoms in total. The number of aryl methyl sites for hydroxylation is 1. The molecule has 0 saturated carbocycles. The van der Waals surface area contributed by atoms with Crippen molar-refractivity contribution in [3.05, 3.63) is 104 Å². The van der Waals surface area contributed by atoms with E-state index in [2.05, 4.69) is 10.3 Å². The first-order valence-corrected chi connectivity index (χ1v) is 14.4. The van der Waals surface area contributed by atoms with Crippen LogP contribution < -0.4 is 15.1 Å². The van der Waals surface area contributed by atoms with Gasteiger partial charge in [0.05, 0.1) is 22.2 Å². The molecule has 6 rings (SSSR count). The number of anilines is 2. The fourth-order valence-electron chi connectivity index (χ4n) is 5.23. The minimum atomic E-state index is -4.67. The zero-order valence-corrected chi connectivity index (χ0v) is 23.4. The van der Waals surface area contributed by atoms with Crippen LogP contribution in [0.2, 0.25) is 0 Å². The molecule has 2 unspecified atom stereocenters. The second-order valence-electron chi connectivity index (χ2n) is 9.93. The van der Waals surface area contributed by atoms with Crippen LogP contribution in [0.1, 0.15) is 27.5 Å². The first kappa shape index (κ1) is 27.9. The number of benzene rings is 2. The highest BCUT2D eigenvalue weighted by atomic mass is 32.2. The van der Waals surface area contributed by atoms with Crippen LogP contribution >= 0.6 is 23.1 Å². The zero-order chi connectivity index (χ0) is 29.8. The highest BCUT2D eigenvalue weighted by Gasteiger charge is 2.57. The minimum Gasteiger partial charge on any atom is -0.325 e. The summed E-state index contributed by atoms with van der Waals surface area (Å²) in [5, 5.41) is 2.09. The number of aromatic nitrogens is 2. The third kappa shape index (κ3) is 4.92. The average Bonchev–Trinajstić information content (AvgIpc) is 3.40. The van der Waals surface area contributed by atoms with Crippen LogP contribution in [0.3, 0.4) is 0 Å². The molecule has 4 heterocycles. The lowest BCUT2D eigenvalue weighted by Crippen LogP contribution is -2.33. The van der Waals surface area contributed by atoms with Gasteiger partial charge in [0, 0.05) is 28.9 Å². The number of carbonyl (C=O) groups excluding carboxylic acids is 3. The average molecular weight is 611 g/mol. The Hall–Kier alpha value is -4.23. The Morgan fingerprint density at radius 1 is 1.02 bits per heavy atom. The molecule has 0 aliphatic carbocycles. The molecule has 2 aromatic carbocycles. The Balaban J connectivity index is 1.39. The Bertz CT molecular complexity index is 1770. The normalized spacial score (nSPS) is 19.9. The first-order valence-electron chi connectivity index (χ1n) is 12.7. The number of pyridine rings is 1. The van der Waals surface area contributed by atoms with E-state index in [-0.39, 0.29) is 12.2 Å². The number of amides is 3. The number of fused-ring (bicyclic) bond motifs is 2. The van der Waals surface area contributed by atoms with Gasteiger partial charge in [-0.1, -0.05) is 52.9 Å². The second-order valence-corrected chi connectivity index (χ2v) is 12.0. The molecule has 13 heteroatoms. The Morgan fingerprint density at radius 2 is 1.79 bits per heavy atom. The van der Waals surface area contributed by atoms with Crippen molar-refractivity contribution in [2.24, 2.45) is 5.92 Å². The summed E-state index contributed by atoms with van der Waals surface area (Å²) in [5.74, 6) is -3.58. The number of rotatable bonds is 5. The predicted molar refractivity (Wildman–Crippen MR) is 152 cm³/mol. The summed E-state index contributed by atoms with van der Waals surface area (Å²) in [5.41, 5.74) is 0.964. The molecule has 2 aliphatic rings. The molecule has 3 amide bonds. The van der Waals surface area contributed by atoms with E-state index in [1.54, 1.807) is 30.5 Å². The van der Waals surface area contributed by atoms with E-state index < -0.39 is 51.4 Å². The SMILES string of the molecule is Cc1ccc(NC(=O)Cn2c3c(sc2=O)[C@H](c2cccnc2)C2C(=O)N(c4cccc(C(F)(F)F)c4)C(=O)C2S3)cc1. The standard InChI is InChI=1S/C29H21F3N4O4S2/c1-15-7-9-18(10-8-15)34-20(37)14-35-27-24(42-28(35)40)21(16-4-3-11-33-13-16)22-23(41-27)26(39)36(25(22)38)19-6-2-5-17(12-19)29(30,31)32/h2-13,21-23H,14H2,1H3,(H,34,37)/t21-,22?,23?/m1/s1. The Kier molecular flexibility index (Phi) is 7.01. The van der Waals surface area contributed by atoms with Gasteiger partial charge in [0.2, 0.25) is 17.7 Å². The summed E-state index contributed by atoms with van der Waals surface area (Å²) in [6.45, 7) is 1.58. The quantitative estimate of drug-likeness (QED) is 0.317. The van der Waals surface area contributed by atoms with Crippen LogP contribution in [0, 0.1) is 12.8 Å². The molecule has 0 spiro atoms. The van der Waals surface area contributed by atoms with Crippen LogP contribution in [0.5, 0.6) is 0 Å². The van der Waals surface area contributed by atoms with Gasteiger partial charge in [-0.15, -0.1) is 0 Å². The van der Waals surface area contributed by atoms with Crippen molar-refractivity contribution in [1.29, 1.82) is 0 Å². The number of thiazole rings is 1. The van der Waals surface area contributed by atoms with Gasteiger partial charge < -0.3 is 5.32 Å². The van der Waals surface area contributed by atoms with Crippen molar-refractivity contribution in [1.82, 2.24) is 9.55 Å². The van der Waals surface area contributed by atoms with E-state index in [4.69, 9.17) is 0 Å². The van der Waals surface area contributed by atoms with Gasteiger partial charge in [-0.3, -0.25) is 28.7 Å². The van der Waals surface area contributed by atoms with Gasteiger partial charge in [-0.05, 0) is 48.9 Å². The number of imide groups is 1. The minimum absolute atomic E-state index is 0.182. The molecule has 42 heavy (non-hydrogen) atoms. The zero-order valence-electron chi connectivity index (χ0n) is 21.8. The van der Waals surface area contributed by atoms with E-state index in [0.717, 1.165) is 51.8 Å². The summed E-state index contributed by atoms with van der Waals surface area (Å²) < 4.78 is 41.6. The second kappa shape index (κ2) is 10.6. The maximum Gasteiger partial charge on any atom is 0.416 e. The maximum atomic E-state index is 13.8. The summed E-state index contributed by atoms with van der Waals surface area (Å²) >= 11 is 1.86. The van der Waals surface area contributed by atoms with Crippen LogP contribution in [0.15, 0.2) is 82.9 Å². The van der Waals surface area contributed by atoms with Gasteiger partial charge in [-0.2, -0.15) is 13.2 Å². The van der Waals surface area contributed by atoms with Gasteiger partial charge in [0.15, 0.2) is 0 Å². The van der Waals surface area contributed by atoms with Crippen LogP contribution in [0.4, 0.5) is 24.5 Å². The number of thioether (sulfide) groups is 1. The molecular weight excluding hydrogens is 589 g/mol. The third-order valence-corrected chi connectivity index (χ3v) is 9.77. The number of hydrogen-bond donors (Lipinski definition) is 1. The molecule has 214 valence electrons. The topological polar surface area (TPSA) is 101 Å². The van der Waals surface area contributed by atoms with Gasteiger partial charge >= 0.3 is 11.0 Å². The van der Waals surface area contributed by atoms with Crippen LogP contribution in [0.25, 0.3) is 0 Å². The molecule has 0 radical (unpaired) electrons. The molecule has 1 fully saturated rings. The molecule has 1 saturated heterocycles. The number of halogens is 3. The van der Waals surface area contributed by atoms with Gasteiger partial charge in [0.25, 0.3) is 0 Å². The summed E-state index contributed by atoms with van der Waals surface area (Å²) in [7, 11) is 0. The fourth-order valence-corrected chi connectivity index (χ4v) is 8.00. The molecular formula is C29H21F3N4O4S2. The lowest BCUT2D eigenvalue weighted by molar-refractivity contribution is -0.137. The highest BCUT2D eigenvalue weighted by Crippen LogP contribution is 2.54. The molecule has 1 N–H and O–H groups in total. The first-order chi connectivity index (χ1) is 20.0. The fraction of sp³-hybridized carbons (Fsp3) is 0.207. The lowest BCUT2D eigenvalue weighted by atomic mass is 9.84. The molecule has 2 aliphatic heterocycles. The van der Waals surface area contributed by atoms with E-state index in [0.29, 0.717) is 21.2 Å². The van der Waals surface area contributed by atoms with Crippen LogP contribution in [-0.2, 0) is 27.1 Å². The number of alkyl halides is 3. The van der Waals surface area contributed by atoms with Gasteiger partial charge in [0.1, 0.15) is 11.8 Å². The van der Waals surface area contributed by atoms with E-state index in [1.165, 1.54) is 16.8 Å². The largest absolute Gasteiger partial charge is 0.416 e. The highest BCUT2D eigenvalue weighted by molar-refractivity contribution is 8.00. The predicted octanol–water partition coefficient (Wildman–Crippen LogP) is 5.07. The van der Waals surface area contributed by atoms with Crippen LogP contribution in [-0.4, -0.2) is 32.5 Å². The lowest BCUT2D eigenvalue weighted by Gasteiger charge is -2.30. The van der Waals surface area contributed by atoms with E-state index >= 15 is 0 Å². The Labute approximate surface area is 245 Å². The molecule has 0 bridgehead atoms. The molecule has 4 aromatic rings. The van der Waals surface area contributed by atoms with Crippen molar-refractivity contribution in [2.45, 2.75) is 35.8 Å². The number of nitrogens with one attached hydrogen (secondary N) is 1.